The molecular formula is C13H16N4O2. The number of hydrogen-bond acceptors (Lipinski definition) is 5. The van der Waals surface area contributed by atoms with E-state index in [9.17, 15) is 4.79 Å². The fourth-order valence-electron chi connectivity index (χ4n) is 2.54. The highest BCUT2D eigenvalue weighted by Gasteiger charge is 2.20. The van der Waals surface area contributed by atoms with E-state index in [4.69, 9.17) is 4.74 Å². The molecule has 1 aliphatic rings. The number of carbonyl (C=O) groups is 1. The molecule has 0 saturated carbocycles. The molecule has 1 saturated heterocycles. The number of fused-ring (bicyclic) bond motifs is 1. The van der Waals surface area contributed by atoms with Crippen molar-refractivity contribution in [1.82, 2.24) is 19.9 Å². The van der Waals surface area contributed by atoms with Crippen LogP contribution < -0.4 is 5.32 Å². The third-order valence-electron chi connectivity index (χ3n) is 3.52. The summed E-state index contributed by atoms with van der Waals surface area (Å²) >= 11 is 0. The number of nitrogens with one attached hydrogen (secondary N) is 1. The molecule has 0 aliphatic carbocycles. The zero-order valence-corrected chi connectivity index (χ0v) is 10.8. The van der Waals surface area contributed by atoms with Crippen molar-refractivity contribution in [2.45, 2.75) is 12.8 Å². The summed E-state index contributed by atoms with van der Waals surface area (Å²) < 4.78 is 6.61. The number of carbonyl (C=O) groups excluding carboxylic acids is 1. The average molecular weight is 260 g/mol. The Labute approximate surface area is 110 Å². The number of rotatable bonds is 3. The smallest absolute Gasteiger partial charge is 0.355 e. The molecule has 1 N–H and O–H groups in total. The fourth-order valence-corrected chi connectivity index (χ4v) is 2.54. The molecule has 1 unspecified atom stereocenters. The van der Waals surface area contributed by atoms with Gasteiger partial charge in [0.2, 0.25) is 0 Å². The van der Waals surface area contributed by atoms with Crippen molar-refractivity contribution in [3.8, 4) is 0 Å². The Morgan fingerprint density at radius 2 is 2.42 bits per heavy atom. The van der Waals surface area contributed by atoms with E-state index in [1.807, 2.05) is 6.07 Å². The van der Waals surface area contributed by atoms with Crippen LogP contribution in [0.3, 0.4) is 0 Å². The monoisotopic (exact) mass is 260 g/mol. The second kappa shape index (κ2) is 4.97. The van der Waals surface area contributed by atoms with Gasteiger partial charge in [-0.1, -0.05) is 6.07 Å². The van der Waals surface area contributed by atoms with Gasteiger partial charge in [-0.2, -0.15) is 0 Å². The highest BCUT2D eigenvalue weighted by molar-refractivity contribution is 5.88. The highest BCUT2D eigenvalue weighted by atomic mass is 16.5. The van der Waals surface area contributed by atoms with Gasteiger partial charge < -0.3 is 10.1 Å². The minimum atomic E-state index is -0.365. The maximum Gasteiger partial charge on any atom is 0.355 e. The lowest BCUT2D eigenvalue weighted by Gasteiger charge is -2.08. The zero-order chi connectivity index (χ0) is 13.2. The predicted octanol–water partition coefficient (Wildman–Crippen LogP) is 0.668. The quantitative estimate of drug-likeness (QED) is 0.821. The summed E-state index contributed by atoms with van der Waals surface area (Å²) in [4.78, 5) is 11.8. The normalized spacial score (nSPS) is 18.9. The van der Waals surface area contributed by atoms with Gasteiger partial charge in [-0.3, -0.25) is 4.40 Å². The van der Waals surface area contributed by atoms with Gasteiger partial charge >= 0.3 is 5.97 Å². The lowest BCUT2D eigenvalue weighted by atomic mass is 10.0. The van der Waals surface area contributed by atoms with E-state index in [-0.39, 0.29) is 5.97 Å². The first kappa shape index (κ1) is 12.1. The number of esters is 1. The minimum absolute atomic E-state index is 0.365. The molecule has 0 amide bonds. The molecule has 100 valence electrons. The largest absolute Gasteiger partial charge is 0.464 e. The van der Waals surface area contributed by atoms with Crippen molar-refractivity contribution in [1.29, 1.82) is 0 Å². The summed E-state index contributed by atoms with van der Waals surface area (Å²) in [5.74, 6) is 1.01. The second-order valence-corrected chi connectivity index (χ2v) is 4.78. The predicted molar refractivity (Wildman–Crippen MR) is 69.0 cm³/mol. The zero-order valence-electron chi connectivity index (χ0n) is 10.8. The summed E-state index contributed by atoms with van der Waals surface area (Å²) in [6.45, 7) is 2.04. The number of hydrogen-bond donors (Lipinski definition) is 1. The van der Waals surface area contributed by atoms with Crippen LogP contribution in [0.1, 0.15) is 22.7 Å². The minimum Gasteiger partial charge on any atom is -0.464 e. The highest BCUT2D eigenvalue weighted by Crippen LogP contribution is 2.16. The van der Waals surface area contributed by atoms with Crippen LogP contribution in [0.2, 0.25) is 0 Å². The first-order valence-electron chi connectivity index (χ1n) is 6.41. The summed E-state index contributed by atoms with van der Waals surface area (Å²) in [6.07, 6.45) is 1.96. The molecule has 3 heterocycles. The van der Waals surface area contributed by atoms with Gasteiger partial charge in [-0.15, -0.1) is 10.2 Å². The van der Waals surface area contributed by atoms with Crippen LogP contribution >= 0.6 is 0 Å². The van der Waals surface area contributed by atoms with Crippen molar-refractivity contribution in [2.24, 2.45) is 5.92 Å². The Balaban J connectivity index is 2.01. The third-order valence-corrected chi connectivity index (χ3v) is 3.52. The molecule has 1 aliphatic heterocycles. The number of pyridine rings is 1. The Morgan fingerprint density at radius 3 is 3.16 bits per heavy atom. The van der Waals surface area contributed by atoms with E-state index < -0.39 is 0 Å². The van der Waals surface area contributed by atoms with E-state index in [0.717, 1.165) is 31.8 Å². The first-order valence-corrected chi connectivity index (χ1v) is 6.41. The molecule has 0 bridgehead atoms. The van der Waals surface area contributed by atoms with E-state index in [1.165, 1.54) is 7.11 Å². The molecule has 2 aromatic rings. The van der Waals surface area contributed by atoms with Crippen LogP contribution in [0.25, 0.3) is 5.65 Å². The van der Waals surface area contributed by atoms with Crippen LogP contribution in [0, 0.1) is 5.92 Å². The van der Waals surface area contributed by atoms with E-state index >= 15 is 0 Å². The van der Waals surface area contributed by atoms with Crippen molar-refractivity contribution in [3.05, 3.63) is 29.7 Å². The molecule has 2 aromatic heterocycles. The first-order chi connectivity index (χ1) is 9.29. The van der Waals surface area contributed by atoms with Gasteiger partial charge in [-0.05, 0) is 37.6 Å². The van der Waals surface area contributed by atoms with Crippen LogP contribution in [0.5, 0.6) is 0 Å². The number of nitrogens with zero attached hydrogens (tertiary/aromatic N) is 3. The Bertz CT molecular complexity index is 602. The maximum absolute atomic E-state index is 11.8. The van der Waals surface area contributed by atoms with Crippen LogP contribution in [-0.2, 0) is 11.2 Å². The number of methoxy groups -OCH3 is 1. The second-order valence-electron chi connectivity index (χ2n) is 4.78. The summed E-state index contributed by atoms with van der Waals surface area (Å²) in [5, 5.41) is 11.7. The van der Waals surface area contributed by atoms with Gasteiger partial charge in [0.25, 0.3) is 0 Å². The Hall–Kier alpha value is -1.95. The maximum atomic E-state index is 11.8. The summed E-state index contributed by atoms with van der Waals surface area (Å²) in [5.41, 5.74) is 1.16. The molecule has 1 atom stereocenters. The van der Waals surface area contributed by atoms with Crippen molar-refractivity contribution < 1.29 is 9.53 Å². The van der Waals surface area contributed by atoms with Gasteiger partial charge in [-0.25, -0.2) is 4.79 Å². The molecule has 0 radical (unpaired) electrons. The van der Waals surface area contributed by atoms with E-state index in [0.29, 0.717) is 17.3 Å². The average Bonchev–Trinajstić information content (AvgIpc) is 3.08. The Kier molecular flexibility index (Phi) is 3.16. The molecular weight excluding hydrogens is 244 g/mol. The van der Waals surface area contributed by atoms with E-state index in [1.54, 1.807) is 16.5 Å². The van der Waals surface area contributed by atoms with Crippen LogP contribution in [0.4, 0.5) is 0 Å². The summed E-state index contributed by atoms with van der Waals surface area (Å²) in [7, 11) is 1.38. The number of ether oxygens (including phenoxy) is 1. The lowest BCUT2D eigenvalue weighted by Crippen LogP contribution is -2.15. The molecule has 6 heteroatoms. The summed E-state index contributed by atoms with van der Waals surface area (Å²) in [6, 6.07) is 5.37. The molecule has 0 aromatic carbocycles. The van der Waals surface area contributed by atoms with Crippen molar-refractivity contribution >= 4 is 11.6 Å². The molecule has 0 spiro atoms. The van der Waals surface area contributed by atoms with E-state index in [2.05, 4.69) is 15.5 Å². The Morgan fingerprint density at radius 1 is 1.53 bits per heavy atom. The lowest BCUT2D eigenvalue weighted by molar-refractivity contribution is 0.0592. The number of aromatic nitrogens is 3. The van der Waals surface area contributed by atoms with Gasteiger partial charge in [0.1, 0.15) is 11.5 Å². The third kappa shape index (κ3) is 2.19. The van der Waals surface area contributed by atoms with Crippen molar-refractivity contribution in [2.75, 3.05) is 20.2 Å². The fraction of sp³-hybridized carbons (Fsp3) is 0.462. The molecule has 6 nitrogen and oxygen atoms in total. The SMILES string of the molecule is COC(=O)c1cccc2nnc(CC3CCNC3)n12. The topological polar surface area (TPSA) is 68.5 Å². The van der Waals surface area contributed by atoms with Gasteiger partial charge in [0.15, 0.2) is 5.65 Å². The standard InChI is InChI=1S/C13H16N4O2/c1-19-13(18)10-3-2-4-11-15-16-12(17(10)11)7-9-5-6-14-8-9/h2-4,9,14H,5-8H2,1H3. The van der Waals surface area contributed by atoms with Gasteiger partial charge in [0.05, 0.1) is 7.11 Å². The molecule has 19 heavy (non-hydrogen) atoms. The van der Waals surface area contributed by atoms with Crippen LogP contribution in [0.15, 0.2) is 18.2 Å². The van der Waals surface area contributed by atoms with Gasteiger partial charge in [0, 0.05) is 6.42 Å². The molecule has 3 rings (SSSR count). The van der Waals surface area contributed by atoms with Crippen LogP contribution in [-0.4, -0.2) is 40.8 Å². The van der Waals surface area contributed by atoms with Crippen molar-refractivity contribution in [3.63, 3.8) is 0 Å². The molecule has 1 fully saturated rings.